The number of aromatic amines is 1. The van der Waals surface area contributed by atoms with Crippen molar-refractivity contribution in [2.45, 2.75) is 57.4 Å². The quantitative estimate of drug-likeness (QED) is 0.443. The van der Waals surface area contributed by atoms with Crippen LogP contribution < -0.4 is 0 Å². The van der Waals surface area contributed by atoms with Gasteiger partial charge in [-0.15, -0.1) is 0 Å². The van der Waals surface area contributed by atoms with Crippen LogP contribution in [-0.2, 0) is 4.74 Å². The van der Waals surface area contributed by atoms with Crippen LogP contribution in [-0.4, -0.2) is 56.8 Å². The fourth-order valence-electron chi connectivity index (χ4n) is 6.11. The predicted molar refractivity (Wildman–Crippen MR) is 136 cm³/mol. The number of hydrogen-bond acceptors (Lipinski definition) is 5. The molecule has 0 atom stereocenters. The van der Waals surface area contributed by atoms with E-state index in [-0.39, 0.29) is 0 Å². The molecule has 35 heavy (non-hydrogen) atoms. The number of hydrogen-bond donors (Lipinski definition) is 1. The average Bonchev–Trinajstić information content (AvgIpc) is 3.53. The van der Waals surface area contributed by atoms with E-state index in [9.17, 15) is 5.26 Å². The van der Waals surface area contributed by atoms with E-state index in [2.05, 4.69) is 58.1 Å². The van der Waals surface area contributed by atoms with E-state index in [1.807, 2.05) is 12.3 Å². The average molecular weight is 469 g/mol. The first kappa shape index (κ1) is 22.3. The molecule has 0 spiro atoms. The molecule has 2 saturated heterocycles. The van der Waals surface area contributed by atoms with Crippen molar-refractivity contribution in [2.75, 3.05) is 26.3 Å². The SMILES string of the molecule is CC(C)c1c(-c2cc(C#N)c3ncnn3c2)[nH]c2ccc(C3CCN(C4CCOCC4)CC3)cc12. The fourth-order valence-corrected chi connectivity index (χ4v) is 6.11. The molecule has 0 radical (unpaired) electrons. The van der Waals surface area contributed by atoms with Crippen LogP contribution in [0.5, 0.6) is 0 Å². The Labute approximate surface area is 205 Å². The third-order valence-corrected chi connectivity index (χ3v) is 7.93. The zero-order valence-electron chi connectivity index (χ0n) is 20.5. The normalized spacial score (nSPS) is 18.6. The number of pyridine rings is 1. The first-order valence-corrected chi connectivity index (χ1v) is 12.8. The molecule has 5 heterocycles. The third-order valence-electron chi connectivity index (χ3n) is 7.93. The summed E-state index contributed by atoms with van der Waals surface area (Å²) in [6.07, 6.45) is 8.24. The summed E-state index contributed by atoms with van der Waals surface area (Å²) in [4.78, 5) is 10.6. The monoisotopic (exact) mass is 468 g/mol. The summed E-state index contributed by atoms with van der Waals surface area (Å²) in [6.45, 7) is 8.66. The summed E-state index contributed by atoms with van der Waals surface area (Å²) in [6, 6.07) is 11.9. The Morgan fingerprint density at radius 3 is 2.66 bits per heavy atom. The Balaban J connectivity index is 1.33. The maximum absolute atomic E-state index is 9.68. The van der Waals surface area contributed by atoms with Gasteiger partial charge in [0.05, 0.1) is 11.3 Å². The smallest absolute Gasteiger partial charge is 0.173 e. The van der Waals surface area contributed by atoms with Crippen molar-refractivity contribution >= 4 is 16.6 Å². The molecule has 2 aliphatic heterocycles. The molecule has 2 aliphatic rings. The lowest BCUT2D eigenvalue weighted by Gasteiger charge is -2.39. The minimum absolute atomic E-state index is 0.335. The molecule has 4 aromatic rings. The minimum Gasteiger partial charge on any atom is -0.381 e. The Morgan fingerprint density at radius 2 is 1.91 bits per heavy atom. The van der Waals surface area contributed by atoms with Gasteiger partial charge in [0.15, 0.2) is 5.65 Å². The number of ether oxygens (including phenoxy) is 1. The van der Waals surface area contributed by atoms with Gasteiger partial charge < -0.3 is 14.6 Å². The van der Waals surface area contributed by atoms with Crippen LogP contribution in [0.4, 0.5) is 0 Å². The molecule has 0 aliphatic carbocycles. The Kier molecular flexibility index (Phi) is 5.79. The number of rotatable bonds is 4. The number of nitriles is 1. The second-order valence-electron chi connectivity index (χ2n) is 10.3. The Hall–Kier alpha value is -3.21. The molecule has 0 amide bonds. The van der Waals surface area contributed by atoms with E-state index in [0.717, 1.165) is 30.0 Å². The Morgan fingerprint density at radius 1 is 1.11 bits per heavy atom. The summed E-state index contributed by atoms with van der Waals surface area (Å²) >= 11 is 0. The molecule has 1 aromatic carbocycles. The lowest BCUT2D eigenvalue weighted by Crippen LogP contribution is -2.43. The standard InChI is InChI=1S/C28H32N6O/c1-18(2)26-24-14-20(19-5-9-33(10-6-19)23-7-11-35-12-8-23)3-4-25(24)32-27(26)22-13-21(15-29)28-30-17-31-34(28)16-22/h3-4,13-14,16-19,23,32H,5-12H2,1-2H3. The lowest BCUT2D eigenvalue weighted by atomic mass is 9.86. The molecule has 3 aromatic heterocycles. The highest BCUT2D eigenvalue weighted by Gasteiger charge is 2.28. The van der Waals surface area contributed by atoms with E-state index in [0.29, 0.717) is 29.1 Å². The van der Waals surface area contributed by atoms with E-state index in [1.165, 1.54) is 61.6 Å². The number of fused-ring (bicyclic) bond motifs is 2. The number of H-pyrrole nitrogens is 1. The largest absolute Gasteiger partial charge is 0.381 e. The molecule has 7 nitrogen and oxygen atoms in total. The van der Waals surface area contributed by atoms with Crippen LogP contribution in [0, 0.1) is 11.3 Å². The number of piperidine rings is 1. The van der Waals surface area contributed by atoms with Crippen molar-refractivity contribution in [1.82, 2.24) is 24.5 Å². The van der Waals surface area contributed by atoms with Gasteiger partial charge in [-0.25, -0.2) is 9.50 Å². The van der Waals surface area contributed by atoms with E-state index >= 15 is 0 Å². The fraction of sp³-hybridized carbons (Fsp3) is 0.464. The molecular formula is C28H32N6O. The second-order valence-corrected chi connectivity index (χ2v) is 10.3. The summed E-state index contributed by atoms with van der Waals surface area (Å²) in [5, 5.41) is 15.3. The van der Waals surface area contributed by atoms with Gasteiger partial charge in [-0.3, -0.25) is 0 Å². The maximum Gasteiger partial charge on any atom is 0.173 e. The van der Waals surface area contributed by atoms with Crippen LogP contribution >= 0.6 is 0 Å². The highest BCUT2D eigenvalue weighted by Crippen LogP contribution is 2.39. The van der Waals surface area contributed by atoms with Gasteiger partial charge in [0, 0.05) is 41.9 Å². The first-order valence-electron chi connectivity index (χ1n) is 12.8. The van der Waals surface area contributed by atoms with Gasteiger partial charge in [-0.05, 0) is 79.9 Å². The zero-order valence-corrected chi connectivity index (χ0v) is 20.5. The van der Waals surface area contributed by atoms with Crippen LogP contribution in [0.3, 0.4) is 0 Å². The number of benzene rings is 1. The predicted octanol–water partition coefficient (Wildman–Crippen LogP) is 5.23. The van der Waals surface area contributed by atoms with Crippen molar-refractivity contribution < 1.29 is 4.74 Å². The third kappa shape index (κ3) is 4.01. The van der Waals surface area contributed by atoms with Crippen LogP contribution in [0.15, 0.2) is 36.8 Å². The lowest BCUT2D eigenvalue weighted by molar-refractivity contribution is 0.0252. The topological polar surface area (TPSA) is 82.2 Å². The van der Waals surface area contributed by atoms with E-state index in [1.54, 1.807) is 4.52 Å². The summed E-state index contributed by atoms with van der Waals surface area (Å²) in [7, 11) is 0. The highest BCUT2D eigenvalue weighted by molar-refractivity contribution is 5.92. The van der Waals surface area contributed by atoms with E-state index in [4.69, 9.17) is 4.74 Å². The Bertz CT molecular complexity index is 1400. The zero-order chi connectivity index (χ0) is 23.9. The van der Waals surface area contributed by atoms with Crippen LogP contribution in [0.1, 0.15) is 68.1 Å². The summed E-state index contributed by atoms with van der Waals surface area (Å²) in [5.41, 5.74) is 7.04. The molecule has 0 bridgehead atoms. The molecule has 0 saturated carbocycles. The molecule has 7 heteroatoms. The maximum atomic E-state index is 9.68. The number of aromatic nitrogens is 4. The van der Waals surface area contributed by atoms with Gasteiger partial charge in [-0.2, -0.15) is 10.4 Å². The van der Waals surface area contributed by atoms with Crippen molar-refractivity contribution in [3.63, 3.8) is 0 Å². The molecule has 0 unspecified atom stereocenters. The highest BCUT2D eigenvalue weighted by atomic mass is 16.5. The van der Waals surface area contributed by atoms with Gasteiger partial charge >= 0.3 is 0 Å². The molecular weight excluding hydrogens is 436 g/mol. The van der Waals surface area contributed by atoms with Crippen molar-refractivity contribution in [3.05, 3.63) is 53.5 Å². The van der Waals surface area contributed by atoms with Gasteiger partial charge in [0.1, 0.15) is 12.4 Å². The van der Waals surface area contributed by atoms with Gasteiger partial charge in [-0.1, -0.05) is 19.9 Å². The van der Waals surface area contributed by atoms with Crippen LogP contribution in [0.2, 0.25) is 0 Å². The first-order chi connectivity index (χ1) is 17.1. The molecule has 6 rings (SSSR count). The number of nitrogens with zero attached hydrogens (tertiary/aromatic N) is 5. The van der Waals surface area contributed by atoms with Crippen molar-refractivity contribution in [1.29, 1.82) is 5.26 Å². The number of likely N-dealkylation sites (tertiary alicyclic amines) is 1. The van der Waals surface area contributed by atoms with Crippen LogP contribution in [0.25, 0.3) is 27.8 Å². The molecule has 1 N–H and O–H groups in total. The molecule has 2 fully saturated rings. The molecule has 180 valence electrons. The minimum atomic E-state index is 0.335. The summed E-state index contributed by atoms with van der Waals surface area (Å²) in [5.74, 6) is 0.937. The van der Waals surface area contributed by atoms with Gasteiger partial charge in [0.2, 0.25) is 0 Å². The van der Waals surface area contributed by atoms with Crippen molar-refractivity contribution in [2.24, 2.45) is 0 Å². The van der Waals surface area contributed by atoms with E-state index < -0.39 is 0 Å². The van der Waals surface area contributed by atoms with Gasteiger partial charge in [0.25, 0.3) is 0 Å². The number of nitrogens with one attached hydrogen (secondary N) is 1. The van der Waals surface area contributed by atoms with Crippen molar-refractivity contribution in [3.8, 4) is 17.3 Å². The summed E-state index contributed by atoms with van der Waals surface area (Å²) < 4.78 is 7.26. The second kappa shape index (κ2) is 9.10.